The van der Waals surface area contributed by atoms with Crippen molar-refractivity contribution in [2.75, 3.05) is 45.8 Å². The zero-order valence-electron chi connectivity index (χ0n) is 27.6. The minimum absolute atomic E-state index is 0.00585. The Bertz CT molecular complexity index is 1590. The van der Waals surface area contributed by atoms with Crippen LogP contribution in [-0.2, 0) is 29.2 Å². The molecule has 1 atom stereocenters. The maximum atomic E-state index is 13.7. The molecule has 4 aromatic carbocycles. The van der Waals surface area contributed by atoms with Gasteiger partial charge >= 0.3 is 6.09 Å². The topological polar surface area (TPSA) is 83.1 Å². The van der Waals surface area contributed by atoms with E-state index in [0.29, 0.717) is 19.7 Å². The highest BCUT2D eigenvalue weighted by Crippen LogP contribution is 2.30. The SMILES string of the molecule is O=C(N[C@@H](C(=O)N1CCNCC1)C1CCN(CCc2ccc(OCc3ccccc3)cc2-c2ccccc2)CC1)OCc1ccccc1. The molecular formula is C40H46N4O4. The summed E-state index contributed by atoms with van der Waals surface area (Å²) in [5, 5.41) is 6.29. The molecule has 0 bridgehead atoms. The van der Waals surface area contributed by atoms with Crippen LogP contribution in [0.5, 0.6) is 5.75 Å². The van der Waals surface area contributed by atoms with E-state index >= 15 is 0 Å². The van der Waals surface area contributed by atoms with Crippen molar-refractivity contribution < 1.29 is 19.1 Å². The average molecular weight is 647 g/mol. The normalized spacial score (nSPS) is 16.2. The summed E-state index contributed by atoms with van der Waals surface area (Å²) in [6, 6.07) is 36.2. The Morgan fingerprint density at radius 2 is 1.40 bits per heavy atom. The van der Waals surface area contributed by atoms with E-state index in [1.54, 1.807) is 0 Å². The van der Waals surface area contributed by atoms with Crippen LogP contribution >= 0.6 is 0 Å². The van der Waals surface area contributed by atoms with Crippen molar-refractivity contribution in [1.29, 1.82) is 0 Å². The molecule has 8 nitrogen and oxygen atoms in total. The van der Waals surface area contributed by atoms with Crippen molar-refractivity contribution in [2.45, 2.75) is 38.5 Å². The van der Waals surface area contributed by atoms with Crippen LogP contribution in [0.25, 0.3) is 11.1 Å². The molecule has 4 aromatic rings. The summed E-state index contributed by atoms with van der Waals surface area (Å²) in [5.41, 5.74) is 5.70. The lowest BCUT2D eigenvalue weighted by Gasteiger charge is -2.38. The van der Waals surface area contributed by atoms with E-state index in [2.05, 4.69) is 70.1 Å². The fourth-order valence-electron chi connectivity index (χ4n) is 6.63. The number of carbonyl (C=O) groups excluding carboxylic acids is 2. The summed E-state index contributed by atoms with van der Waals surface area (Å²) in [5.74, 6) is 0.903. The number of ether oxygens (including phenoxy) is 2. The van der Waals surface area contributed by atoms with Crippen LogP contribution in [0.1, 0.15) is 29.5 Å². The standard InChI is InChI=1S/C40H46N4O4/c45-39(44-26-21-41-22-27-44)38(42-40(46)48-30-32-12-6-2-7-13-32)35-19-24-43(25-20-35)23-18-34-16-17-36(47-29-31-10-4-1-5-11-31)28-37(34)33-14-8-3-9-15-33/h1-17,28,35,38,41H,18-27,29-30H2,(H,42,46)/t38-/m1/s1. The number of carbonyl (C=O) groups is 2. The van der Waals surface area contributed by atoms with Gasteiger partial charge < -0.3 is 29.9 Å². The van der Waals surface area contributed by atoms with Crippen LogP contribution in [0.3, 0.4) is 0 Å². The Balaban J connectivity index is 1.07. The number of hydrogen-bond acceptors (Lipinski definition) is 6. The number of piperazine rings is 1. The number of amides is 2. The van der Waals surface area contributed by atoms with E-state index in [9.17, 15) is 9.59 Å². The van der Waals surface area contributed by atoms with Gasteiger partial charge in [0.25, 0.3) is 0 Å². The molecule has 2 saturated heterocycles. The smallest absolute Gasteiger partial charge is 0.408 e. The summed E-state index contributed by atoms with van der Waals surface area (Å²) in [6.07, 6.45) is 2.03. The first-order valence-electron chi connectivity index (χ1n) is 17.2. The first-order valence-corrected chi connectivity index (χ1v) is 17.2. The highest BCUT2D eigenvalue weighted by molar-refractivity contribution is 5.86. The van der Waals surface area contributed by atoms with Gasteiger partial charge in [0.1, 0.15) is 25.0 Å². The van der Waals surface area contributed by atoms with E-state index in [4.69, 9.17) is 9.47 Å². The van der Waals surface area contributed by atoms with Gasteiger partial charge in [-0.25, -0.2) is 4.79 Å². The molecule has 0 aromatic heterocycles. The van der Waals surface area contributed by atoms with Crippen molar-refractivity contribution in [3.63, 3.8) is 0 Å². The summed E-state index contributed by atoms with van der Waals surface area (Å²) < 4.78 is 11.7. The molecule has 0 radical (unpaired) electrons. The lowest BCUT2D eigenvalue weighted by molar-refractivity contribution is -0.135. The van der Waals surface area contributed by atoms with Crippen LogP contribution in [-0.4, -0.2) is 73.7 Å². The van der Waals surface area contributed by atoms with Gasteiger partial charge in [0.2, 0.25) is 5.91 Å². The number of alkyl carbamates (subject to hydrolysis) is 1. The third-order valence-electron chi connectivity index (χ3n) is 9.40. The maximum Gasteiger partial charge on any atom is 0.408 e. The van der Waals surface area contributed by atoms with Gasteiger partial charge in [0.15, 0.2) is 0 Å². The van der Waals surface area contributed by atoms with Gasteiger partial charge in [0, 0.05) is 32.7 Å². The molecule has 8 heteroatoms. The van der Waals surface area contributed by atoms with Gasteiger partial charge in [-0.2, -0.15) is 0 Å². The second-order valence-corrected chi connectivity index (χ2v) is 12.6. The summed E-state index contributed by atoms with van der Waals surface area (Å²) in [6.45, 7) is 6.18. The zero-order chi connectivity index (χ0) is 33.0. The molecule has 2 fully saturated rings. The number of likely N-dealkylation sites (tertiary alicyclic amines) is 1. The Hall–Kier alpha value is -4.66. The molecule has 0 saturated carbocycles. The third-order valence-corrected chi connectivity index (χ3v) is 9.40. The quantitative estimate of drug-likeness (QED) is 0.199. The largest absolute Gasteiger partial charge is 0.489 e. The van der Waals surface area contributed by atoms with E-state index in [0.717, 1.165) is 68.9 Å². The van der Waals surface area contributed by atoms with Crippen LogP contribution in [0.2, 0.25) is 0 Å². The minimum atomic E-state index is -0.596. The molecule has 2 aliphatic rings. The highest BCUT2D eigenvalue weighted by atomic mass is 16.5. The monoisotopic (exact) mass is 646 g/mol. The first kappa shape index (κ1) is 33.2. The number of rotatable bonds is 12. The fraction of sp³-hybridized carbons (Fsp3) is 0.350. The molecule has 48 heavy (non-hydrogen) atoms. The molecule has 0 spiro atoms. The van der Waals surface area contributed by atoms with Crippen LogP contribution in [0.15, 0.2) is 109 Å². The summed E-state index contributed by atoms with van der Waals surface area (Å²) >= 11 is 0. The maximum absolute atomic E-state index is 13.7. The molecular weight excluding hydrogens is 600 g/mol. The first-order chi connectivity index (χ1) is 23.6. The molecule has 2 heterocycles. The Labute approximate surface area is 284 Å². The molecule has 250 valence electrons. The van der Waals surface area contributed by atoms with Crippen molar-refractivity contribution >= 4 is 12.0 Å². The third kappa shape index (κ3) is 9.24. The van der Waals surface area contributed by atoms with E-state index < -0.39 is 12.1 Å². The van der Waals surface area contributed by atoms with Crippen LogP contribution < -0.4 is 15.4 Å². The van der Waals surface area contributed by atoms with Gasteiger partial charge in [-0.1, -0.05) is 97.1 Å². The molecule has 2 N–H and O–H groups in total. The highest BCUT2D eigenvalue weighted by Gasteiger charge is 2.36. The number of nitrogens with one attached hydrogen (secondary N) is 2. The van der Waals surface area contributed by atoms with Gasteiger partial charge in [-0.15, -0.1) is 0 Å². The lowest BCUT2D eigenvalue weighted by Crippen LogP contribution is -2.57. The number of benzene rings is 4. The van der Waals surface area contributed by atoms with Crippen molar-refractivity contribution in [1.82, 2.24) is 20.4 Å². The summed E-state index contributed by atoms with van der Waals surface area (Å²) in [4.78, 5) is 31.0. The predicted molar refractivity (Wildman–Crippen MR) is 189 cm³/mol. The van der Waals surface area contributed by atoms with E-state index in [1.807, 2.05) is 59.5 Å². The molecule has 0 unspecified atom stereocenters. The van der Waals surface area contributed by atoms with Gasteiger partial charge in [-0.05, 0) is 78.2 Å². The van der Waals surface area contributed by atoms with Crippen molar-refractivity contribution in [3.05, 3.63) is 126 Å². The second kappa shape index (κ2) is 16.9. The van der Waals surface area contributed by atoms with Crippen molar-refractivity contribution in [3.8, 4) is 16.9 Å². The van der Waals surface area contributed by atoms with Crippen molar-refractivity contribution in [2.24, 2.45) is 5.92 Å². The lowest BCUT2D eigenvalue weighted by atomic mass is 9.88. The molecule has 6 rings (SSSR count). The number of hydrogen-bond donors (Lipinski definition) is 2. The molecule has 2 amide bonds. The minimum Gasteiger partial charge on any atom is -0.489 e. The van der Waals surface area contributed by atoms with Crippen LogP contribution in [0.4, 0.5) is 4.79 Å². The average Bonchev–Trinajstić information content (AvgIpc) is 3.16. The van der Waals surface area contributed by atoms with Crippen LogP contribution in [0, 0.1) is 5.92 Å². The summed E-state index contributed by atoms with van der Waals surface area (Å²) in [7, 11) is 0. The Morgan fingerprint density at radius 3 is 2.06 bits per heavy atom. The predicted octanol–water partition coefficient (Wildman–Crippen LogP) is 5.91. The van der Waals surface area contributed by atoms with E-state index in [-0.39, 0.29) is 18.4 Å². The fourth-order valence-corrected chi connectivity index (χ4v) is 6.63. The Kier molecular flexibility index (Phi) is 11.7. The van der Waals surface area contributed by atoms with Gasteiger partial charge in [0.05, 0.1) is 0 Å². The molecule has 2 aliphatic heterocycles. The Morgan fingerprint density at radius 1 is 0.771 bits per heavy atom. The van der Waals surface area contributed by atoms with E-state index in [1.165, 1.54) is 16.7 Å². The van der Waals surface area contributed by atoms with Gasteiger partial charge in [-0.3, -0.25) is 4.79 Å². The number of nitrogens with zero attached hydrogens (tertiary/aromatic N) is 2. The molecule has 0 aliphatic carbocycles. The zero-order valence-corrected chi connectivity index (χ0v) is 27.6. The number of piperidine rings is 1. The second-order valence-electron chi connectivity index (χ2n) is 12.6.